The molecule has 19 heavy (non-hydrogen) atoms. The van der Waals surface area contributed by atoms with E-state index in [0.717, 1.165) is 0 Å². The van der Waals surface area contributed by atoms with Gasteiger partial charge in [-0.2, -0.15) is 0 Å². The molecule has 7 nitrogen and oxygen atoms in total. The van der Waals surface area contributed by atoms with Crippen LogP contribution in [0.25, 0.3) is 0 Å². The number of ether oxygens (including phenoxy) is 2. The Morgan fingerprint density at radius 3 is 2.11 bits per heavy atom. The molecule has 0 aliphatic rings. The predicted molar refractivity (Wildman–Crippen MR) is 72.1 cm³/mol. The molecule has 2 unspecified atom stereocenters. The summed E-state index contributed by atoms with van der Waals surface area (Å²) in [6, 6.07) is 0. The number of likely N-dealkylation sites (N-methyl/N-ethyl adjacent to an activating group) is 1. The molecule has 2 atom stereocenters. The van der Waals surface area contributed by atoms with E-state index in [4.69, 9.17) is 23.0 Å². The molecular formula is C11H27NO6P+. The monoisotopic (exact) mass is 300 g/mol. The molecule has 116 valence electrons. The summed E-state index contributed by atoms with van der Waals surface area (Å²) in [5.41, 5.74) is 0. The average molecular weight is 300 g/mol. The quantitative estimate of drug-likeness (QED) is 0.421. The van der Waals surface area contributed by atoms with Gasteiger partial charge in [-0.3, -0.25) is 13.6 Å². The summed E-state index contributed by atoms with van der Waals surface area (Å²) in [5.74, 6) is 0. The molecule has 8 heteroatoms. The lowest BCUT2D eigenvalue weighted by atomic mass is 10.4. The largest absolute Gasteiger partial charge is 0.474 e. The van der Waals surface area contributed by atoms with Crippen LogP contribution in [-0.4, -0.2) is 79.4 Å². The minimum atomic E-state index is -3.52. The number of hydrogen-bond acceptors (Lipinski definition) is 6. The topological polar surface area (TPSA) is 63.2 Å². The fourth-order valence-electron chi connectivity index (χ4n) is 1.11. The van der Waals surface area contributed by atoms with Crippen molar-refractivity contribution in [2.75, 3.05) is 68.8 Å². The summed E-state index contributed by atoms with van der Waals surface area (Å²) >= 11 is 0. The normalized spacial score (nSPS) is 17.2. The Hall–Kier alpha value is -0.0100. The van der Waals surface area contributed by atoms with Gasteiger partial charge in [0.15, 0.2) is 0 Å². The zero-order chi connectivity index (χ0) is 14.9. The van der Waals surface area contributed by atoms with Crippen molar-refractivity contribution in [3.05, 3.63) is 0 Å². The average Bonchev–Trinajstić information content (AvgIpc) is 2.33. The third-order valence-electron chi connectivity index (χ3n) is 2.34. The number of phosphoric acid groups is 1. The Morgan fingerprint density at radius 2 is 1.68 bits per heavy atom. The second-order valence-electron chi connectivity index (χ2n) is 5.09. The van der Waals surface area contributed by atoms with Crippen molar-refractivity contribution in [2.24, 2.45) is 0 Å². The highest BCUT2D eigenvalue weighted by molar-refractivity contribution is 7.48. The maximum atomic E-state index is 12.1. The van der Waals surface area contributed by atoms with Crippen molar-refractivity contribution in [1.82, 2.24) is 0 Å². The van der Waals surface area contributed by atoms with Crippen LogP contribution in [0.4, 0.5) is 0 Å². The van der Waals surface area contributed by atoms with Gasteiger partial charge < -0.3 is 14.0 Å². The van der Waals surface area contributed by atoms with Crippen LogP contribution in [0, 0.1) is 0 Å². The molecular weight excluding hydrogens is 273 g/mol. The molecule has 0 aliphatic carbocycles. The van der Waals surface area contributed by atoms with Crippen molar-refractivity contribution >= 4 is 7.82 Å². The molecule has 0 spiro atoms. The molecule has 0 fully saturated rings. The molecule has 0 aliphatic heterocycles. The van der Waals surface area contributed by atoms with Gasteiger partial charge in [0.25, 0.3) is 0 Å². The van der Waals surface area contributed by atoms with Crippen molar-refractivity contribution in [3.63, 3.8) is 0 Å². The molecule has 0 saturated carbocycles. The van der Waals surface area contributed by atoms with Crippen LogP contribution < -0.4 is 0 Å². The zero-order valence-electron chi connectivity index (χ0n) is 12.7. The highest BCUT2D eigenvalue weighted by atomic mass is 31.2. The van der Waals surface area contributed by atoms with Crippen molar-refractivity contribution < 1.29 is 32.1 Å². The van der Waals surface area contributed by atoms with Crippen molar-refractivity contribution in [2.45, 2.75) is 6.10 Å². The molecule has 0 N–H and O–H groups in total. The molecule has 0 saturated heterocycles. The Balaban J connectivity index is 4.18. The highest BCUT2D eigenvalue weighted by Crippen LogP contribution is 2.48. The van der Waals surface area contributed by atoms with E-state index in [2.05, 4.69) is 0 Å². The lowest BCUT2D eigenvalue weighted by Gasteiger charge is -2.25. The van der Waals surface area contributed by atoms with E-state index in [1.54, 1.807) is 7.11 Å². The van der Waals surface area contributed by atoms with E-state index >= 15 is 0 Å². The van der Waals surface area contributed by atoms with Crippen LogP contribution in [0.15, 0.2) is 0 Å². The summed E-state index contributed by atoms with van der Waals surface area (Å²) in [7, 11) is 6.91. The van der Waals surface area contributed by atoms with Crippen LogP contribution in [-0.2, 0) is 27.6 Å². The first-order valence-electron chi connectivity index (χ1n) is 6.03. The van der Waals surface area contributed by atoms with Crippen molar-refractivity contribution in [1.29, 1.82) is 0 Å². The summed E-state index contributed by atoms with van der Waals surface area (Å²) in [6.07, 6.45) is -0.310. The Bertz CT molecular complexity index is 281. The Labute approximate surface area is 115 Å². The molecule has 0 rings (SSSR count). The van der Waals surface area contributed by atoms with Crippen LogP contribution >= 0.6 is 7.82 Å². The number of hydrogen-bond donors (Lipinski definition) is 0. The second kappa shape index (κ2) is 9.02. The first kappa shape index (κ1) is 19.0. The number of rotatable bonds is 11. The zero-order valence-corrected chi connectivity index (χ0v) is 13.6. The van der Waals surface area contributed by atoms with Gasteiger partial charge in [-0.25, -0.2) is 4.57 Å². The molecule has 0 aromatic heterocycles. The number of methoxy groups -OCH3 is 2. The summed E-state index contributed by atoms with van der Waals surface area (Å²) in [5, 5.41) is 0. The first-order valence-corrected chi connectivity index (χ1v) is 7.49. The van der Waals surface area contributed by atoms with Gasteiger partial charge in [0.1, 0.15) is 19.3 Å². The van der Waals surface area contributed by atoms with Gasteiger partial charge in [0, 0.05) is 21.3 Å². The van der Waals surface area contributed by atoms with Gasteiger partial charge in [-0.05, 0) is 0 Å². The fourth-order valence-corrected chi connectivity index (χ4v) is 2.05. The molecule has 0 radical (unpaired) electrons. The summed E-state index contributed by atoms with van der Waals surface area (Å²) in [6.45, 7) is 1.41. The van der Waals surface area contributed by atoms with E-state index in [9.17, 15) is 4.57 Å². The standard InChI is InChI=1S/C11H27NO6P/c1-12(2,3)7-8-17-19(13,16-6)18-10-11(15-5)9-14-4/h11H,7-10H2,1-6H3/q+1. The van der Waals surface area contributed by atoms with Gasteiger partial charge in [0.2, 0.25) is 0 Å². The summed E-state index contributed by atoms with van der Waals surface area (Å²) < 4.78 is 38.1. The summed E-state index contributed by atoms with van der Waals surface area (Å²) in [4.78, 5) is 0. The molecule has 0 amide bonds. The number of phosphoric ester groups is 1. The third-order valence-corrected chi connectivity index (χ3v) is 3.75. The van der Waals surface area contributed by atoms with Crippen LogP contribution in [0.5, 0.6) is 0 Å². The first-order chi connectivity index (χ1) is 8.76. The highest BCUT2D eigenvalue weighted by Gasteiger charge is 2.27. The molecule has 0 heterocycles. The SMILES string of the molecule is COCC(COP(=O)(OC)OCC[N+](C)(C)C)OC. The van der Waals surface area contributed by atoms with Crippen LogP contribution in [0.1, 0.15) is 0 Å². The lowest BCUT2D eigenvalue weighted by Crippen LogP contribution is -2.37. The maximum Gasteiger partial charge on any atom is 0.474 e. The van der Waals surface area contributed by atoms with E-state index in [-0.39, 0.29) is 19.3 Å². The maximum absolute atomic E-state index is 12.1. The minimum absolute atomic E-state index is 0.0832. The van der Waals surface area contributed by atoms with E-state index < -0.39 is 7.82 Å². The van der Waals surface area contributed by atoms with E-state index in [0.29, 0.717) is 17.6 Å². The van der Waals surface area contributed by atoms with Gasteiger partial charge in [-0.1, -0.05) is 0 Å². The molecule has 0 bridgehead atoms. The third kappa shape index (κ3) is 9.51. The van der Waals surface area contributed by atoms with E-state index in [1.165, 1.54) is 14.2 Å². The van der Waals surface area contributed by atoms with Gasteiger partial charge in [-0.15, -0.1) is 0 Å². The predicted octanol–water partition coefficient (Wildman–Crippen LogP) is 1.14. The number of quaternary nitrogens is 1. The van der Waals surface area contributed by atoms with E-state index in [1.807, 2.05) is 21.1 Å². The Kier molecular flexibility index (Phi) is 9.02. The second-order valence-corrected chi connectivity index (χ2v) is 6.86. The minimum Gasteiger partial charge on any atom is -0.382 e. The van der Waals surface area contributed by atoms with Gasteiger partial charge >= 0.3 is 7.82 Å². The van der Waals surface area contributed by atoms with Crippen molar-refractivity contribution in [3.8, 4) is 0 Å². The Morgan fingerprint density at radius 1 is 1.05 bits per heavy atom. The van der Waals surface area contributed by atoms with Gasteiger partial charge in [0.05, 0.1) is 34.4 Å². The molecule has 0 aromatic rings. The molecule has 0 aromatic carbocycles. The van der Waals surface area contributed by atoms with Crippen LogP contribution in [0.2, 0.25) is 0 Å². The fraction of sp³-hybridized carbons (Fsp3) is 1.00. The smallest absolute Gasteiger partial charge is 0.382 e. The lowest BCUT2D eigenvalue weighted by molar-refractivity contribution is -0.870. The van der Waals surface area contributed by atoms with Crippen LogP contribution in [0.3, 0.4) is 0 Å². The number of nitrogens with zero attached hydrogens (tertiary/aromatic N) is 1.